The summed E-state index contributed by atoms with van der Waals surface area (Å²) in [7, 11) is 0. The van der Waals surface area contributed by atoms with Crippen molar-refractivity contribution < 1.29 is 0 Å². The van der Waals surface area contributed by atoms with Crippen LogP contribution in [0.4, 0.5) is 0 Å². The van der Waals surface area contributed by atoms with Gasteiger partial charge in [0, 0.05) is 35.0 Å². The summed E-state index contributed by atoms with van der Waals surface area (Å²) in [5.41, 5.74) is 11.7. The molecule has 0 N–H and O–H groups in total. The smallest absolute Gasteiger partial charge is 0.212 e. The van der Waals surface area contributed by atoms with Gasteiger partial charge >= 0.3 is 0 Å². The van der Waals surface area contributed by atoms with Crippen molar-refractivity contribution >= 4 is 38.5 Å². The minimum atomic E-state index is 0.454. The van der Waals surface area contributed by atoms with Gasteiger partial charge in [0.05, 0.1) is 41.2 Å². The molecule has 7 heterocycles. The molecule has 0 atom stereocenters. The number of hydrogen-bond donors (Lipinski definition) is 0. The minimum Gasteiger partial charge on any atom is -0.256 e. The lowest BCUT2D eigenvalue weighted by molar-refractivity contribution is 0.713. The molecule has 60 heavy (non-hydrogen) atoms. The standard InChI is InChI=1S/C15H19N.2C12H17N3.C10H15N3S/c1-10(2)12-5-6-15-14(9-12)13(11(3)4)7-8-16-15;1-8(2)10-7-13-15-6-5-11(9(3)4)14-12(10)15;1-8(2)10-5-6-12-13-7-11(9(3)4)15(12)14-10;1-6(2)8-5-11-10-13(8)12-9(14-10)7(3)4/h5-11H,1-4H3;2*5-9H,1-4H3;5-7H,1-4H3. The maximum Gasteiger partial charge on any atom is 0.212 e. The van der Waals surface area contributed by atoms with Crippen molar-refractivity contribution in [2.45, 2.75) is 158 Å². The Morgan fingerprint density at radius 2 is 1.17 bits per heavy atom. The van der Waals surface area contributed by atoms with Crippen LogP contribution >= 0.6 is 11.3 Å². The molecular formula is C49H68N10S. The lowest BCUT2D eigenvalue weighted by atomic mass is 9.95. The summed E-state index contributed by atoms with van der Waals surface area (Å²) >= 11 is 1.68. The molecule has 11 heteroatoms. The predicted molar refractivity (Wildman–Crippen MR) is 251 cm³/mol. The van der Waals surface area contributed by atoms with Crippen molar-refractivity contribution in [1.29, 1.82) is 0 Å². The van der Waals surface area contributed by atoms with E-state index in [1.54, 1.807) is 11.3 Å². The van der Waals surface area contributed by atoms with Crippen LogP contribution in [0.2, 0.25) is 0 Å². The molecule has 0 saturated heterocycles. The average molecular weight is 829 g/mol. The molecule has 8 aromatic rings. The van der Waals surface area contributed by atoms with Crippen LogP contribution in [0.3, 0.4) is 0 Å². The van der Waals surface area contributed by atoms with Gasteiger partial charge in [-0.15, -0.1) is 0 Å². The minimum absolute atomic E-state index is 0.454. The molecule has 0 spiro atoms. The van der Waals surface area contributed by atoms with Crippen molar-refractivity contribution in [3.63, 3.8) is 0 Å². The molecule has 0 unspecified atom stereocenters. The monoisotopic (exact) mass is 829 g/mol. The molecule has 10 nitrogen and oxygen atoms in total. The van der Waals surface area contributed by atoms with E-state index in [4.69, 9.17) is 0 Å². The summed E-state index contributed by atoms with van der Waals surface area (Å²) in [5, 5.41) is 15.9. The summed E-state index contributed by atoms with van der Waals surface area (Å²) < 4.78 is 5.78. The predicted octanol–water partition coefficient (Wildman–Crippen LogP) is 13.5. The third-order valence-electron chi connectivity index (χ3n) is 10.5. The van der Waals surface area contributed by atoms with Crippen molar-refractivity contribution in [2.24, 2.45) is 0 Å². The molecule has 7 aromatic heterocycles. The Kier molecular flexibility index (Phi) is 15.4. The highest BCUT2D eigenvalue weighted by Gasteiger charge is 2.15. The molecule has 8 rings (SSSR count). The van der Waals surface area contributed by atoms with E-state index in [1.165, 1.54) is 33.5 Å². The van der Waals surface area contributed by atoms with Crippen molar-refractivity contribution in [2.75, 3.05) is 0 Å². The quantitative estimate of drug-likeness (QED) is 0.150. The summed E-state index contributed by atoms with van der Waals surface area (Å²) in [5.74, 6) is 3.93. The maximum atomic E-state index is 4.66. The van der Waals surface area contributed by atoms with Crippen LogP contribution in [-0.2, 0) is 0 Å². The Hall–Kier alpha value is -5.03. The molecule has 0 bridgehead atoms. The van der Waals surface area contributed by atoms with Crippen molar-refractivity contribution in [3.8, 4) is 0 Å². The Morgan fingerprint density at radius 1 is 0.517 bits per heavy atom. The summed E-state index contributed by atoms with van der Waals surface area (Å²) in [4.78, 5) is 18.8. The molecule has 0 aliphatic rings. The molecule has 0 saturated carbocycles. The van der Waals surface area contributed by atoms with Gasteiger partial charge in [-0.05, 0) is 89.0 Å². The van der Waals surface area contributed by atoms with Crippen LogP contribution < -0.4 is 0 Å². The topological polar surface area (TPSA) is 103 Å². The van der Waals surface area contributed by atoms with E-state index < -0.39 is 0 Å². The number of aromatic nitrogens is 10. The van der Waals surface area contributed by atoms with Crippen LogP contribution in [0.15, 0.2) is 73.4 Å². The van der Waals surface area contributed by atoms with E-state index in [-0.39, 0.29) is 0 Å². The fourth-order valence-corrected chi connectivity index (χ4v) is 7.52. The SMILES string of the molecule is CC(C)c1ccc2ncc(C(C)C)n2n1.CC(C)c1ccc2nccc(C(C)C)c2c1.CC(C)c1ccn2ncc(C(C)C)c2n1.CC(C)c1nn2c(C(C)C)cnc2s1. The normalized spacial score (nSPS) is 11.9. The Morgan fingerprint density at radius 3 is 1.77 bits per heavy atom. The van der Waals surface area contributed by atoms with Gasteiger partial charge in [0.15, 0.2) is 11.3 Å². The zero-order valence-corrected chi connectivity index (χ0v) is 39.7. The molecule has 1 aromatic carbocycles. The summed E-state index contributed by atoms with van der Waals surface area (Å²) in [6, 6.07) is 14.9. The third kappa shape index (κ3) is 10.8. The first kappa shape index (κ1) is 46.0. The van der Waals surface area contributed by atoms with E-state index in [2.05, 4.69) is 176 Å². The number of hydrogen-bond acceptors (Lipinski definition) is 8. The molecule has 0 radical (unpaired) electrons. The van der Waals surface area contributed by atoms with Gasteiger partial charge in [-0.1, -0.05) is 128 Å². The van der Waals surface area contributed by atoms with Gasteiger partial charge in [-0.2, -0.15) is 15.3 Å². The van der Waals surface area contributed by atoms with E-state index in [0.717, 1.165) is 38.2 Å². The van der Waals surface area contributed by atoms with E-state index in [1.807, 2.05) is 56.7 Å². The second kappa shape index (κ2) is 20.0. The third-order valence-corrected chi connectivity index (χ3v) is 11.7. The van der Waals surface area contributed by atoms with Gasteiger partial charge in [0.25, 0.3) is 0 Å². The summed E-state index contributed by atoms with van der Waals surface area (Å²) in [6.45, 7) is 34.8. The van der Waals surface area contributed by atoms with Gasteiger partial charge in [-0.25, -0.2) is 28.5 Å². The van der Waals surface area contributed by atoms with Crippen LogP contribution in [0.25, 0.3) is 27.2 Å². The average Bonchev–Trinajstić information content (AvgIpc) is 4.00. The maximum absolute atomic E-state index is 4.66. The molecule has 0 aliphatic carbocycles. The van der Waals surface area contributed by atoms with Crippen molar-refractivity contribution in [1.82, 2.24) is 48.8 Å². The van der Waals surface area contributed by atoms with Gasteiger partial charge in [0.2, 0.25) is 4.96 Å². The zero-order chi connectivity index (χ0) is 44.0. The van der Waals surface area contributed by atoms with E-state index in [0.29, 0.717) is 47.3 Å². The highest BCUT2D eigenvalue weighted by molar-refractivity contribution is 7.16. The van der Waals surface area contributed by atoms with Crippen LogP contribution in [-0.4, -0.2) is 48.8 Å². The highest BCUT2D eigenvalue weighted by atomic mass is 32.1. The number of benzene rings is 1. The van der Waals surface area contributed by atoms with E-state index >= 15 is 0 Å². The molecule has 0 fully saturated rings. The first-order valence-electron chi connectivity index (χ1n) is 21.8. The number of imidazole rings is 2. The number of rotatable bonds is 8. The lowest BCUT2D eigenvalue weighted by Crippen LogP contribution is -2.03. The second-order valence-corrected chi connectivity index (χ2v) is 19.2. The van der Waals surface area contributed by atoms with Crippen molar-refractivity contribution in [3.05, 3.63) is 118 Å². The second-order valence-electron chi connectivity index (χ2n) is 18.2. The first-order valence-corrected chi connectivity index (χ1v) is 22.6. The van der Waals surface area contributed by atoms with E-state index in [9.17, 15) is 0 Å². The Bertz CT molecular complexity index is 2510. The van der Waals surface area contributed by atoms with Gasteiger partial charge in [0.1, 0.15) is 5.01 Å². The molecule has 320 valence electrons. The van der Waals surface area contributed by atoms with Crippen LogP contribution in [0.1, 0.15) is 203 Å². The fourth-order valence-electron chi connectivity index (χ4n) is 6.63. The first-order chi connectivity index (χ1) is 28.4. The number of fused-ring (bicyclic) bond motifs is 4. The molecular weight excluding hydrogens is 761 g/mol. The van der Waals surface area contributed by atoms with Gasteiger partial charge in [-0.3, -0.25) is 4.98 Å². The Labute approximate surface area is 361 Å². The zero-order valence-electron chi connectivity index (χ0n) is 38.9. The largest absolute Gasteiger partial charge is 0.256 e. The molecule has 0 amide bonds. The van der Waals surface area contributed by atoms with Crippen LogP contribution in [0, 0.1) is 0 Å². The lowest BCUT2D eigenvalue weighted by Gasteiger charge is -2.12. The fraction of sp³-hybridized carbons (Fsp3) is 0.490. The number of nitrogens with zero attached hydrogens (tertiary/aromatic N) is 10. The highest BCUT2D eigenvalue weighted by Crippen LogP contribution is 2.28. The Balaban J connectivity index is 0.000000152. The molecule has 0 aliphatic heterocycles. The summed E-state index contributed by atoms with van der Waals surface area (Å²) in [6.07, 6.45) is 9.65. The van der Waals surface area contributed by atoms with Crippen LogP contribution in [0.5, 0.6) is 0 Å². The van der Waals surface area contributed by atoms with Gasteiger partial charge < -0.3 is 0 Å². The number of pyridine rings is 1.